The van der Waals surface area contributed by atoms with E-state index in [9.17, 15) is 5.11 Å². The molecule has 2 atom stereocenters. The third-order valence-electron chi connectivity index (χ3n) is 8.28. The maximum absolute atomic E-state index is 13.3. The normalized spacial score (nSPS) is 21.6. The van der Waals surface area contributed by atoms with E-state index in [4.69, 9.17) is 4.52 Å². The van der Waals surface area contributed by atoms with Gasteiger partial charge in [0.15, 0.2) is 5.95 Å². The Bertz CT molecular complexity index is 1670. The van der Waals surface area contributed by atoms with Crippen LogP contribution < -0.4 is 9.79 Å². The van der Waals surface area contributed by atoms with Crippen molar-refractivity contribution in [1.82, 2.24) is 5.27 Å². The molecule has 0 radical (unpaired) electrons. The van der Waals surface area contributed by atoms with Gasteiger partial charge in [0.1, 0.15) is 0 Å². The highest BCUT2D eigenvalue weighted by molar-refractivity contribution is 5.71. The van der Waals surface area contributed by atoms with Gasteiger partial charge in [0.05, 0.1) is 10.7 Å². The molecule has 38 heavy (non-hydrogen) atoms. The molecule has 2 unspecified atom stereocenters. The Morgan fingerprint density at radius 3 is 1.87 bits per heavy atom. The molecule has 0 spiro atoms. The molecular formula is C34H26N2O2. The summed E-state index contributed by atoms with van der Waals surface area (Å²) >= 11 is 0. The van der Waals surface area contributed by atoms with E-state index in [1.165, 1.54) is 0 Å². The lowest BCUT2D eigenvalue weighted by molar-refractivity contribution is -0.686. The van der Waals surface area contributed by atoms with Gasteiger partial charge in [-0.2, -0.15) is 0 Å². The fourth-order valence-corrected chi connectivity index (χ4v) is 6.28. The second kappa shape index (κ2) is 8.70. The van der Waals surface area contributed by atoms with Crippen LogP contribution in [0.5, 0.6) is 5.95 Å². The summed E-state index contributed by atoms with van der Waals surface area (Å²) in [7, 11) is 0. The first kappa shape index (κ1) is 22.5. The number of hydrogen-bond acceptors (Lipinski definition) is 3. The SMILES string of the molecule is [O-]c1on[n+]2c1C1(/C=C/c3ccccc3)CCC1(/C=C/c1ccccc1)c1cc(-c3ccccc3)ccc1-2. The summed E-state index contributed by atoms with van der Waals surface area (Å²) in [5.41, 5.74) is 6.13. The maximum Gasteiger partial charge on any atom is 0.251 e. The van der Waals surface area contributed by atoms with Crippen molar-refractivity contribution in [2.24, 2.45) is 0 Å². The second-order valence-electron chi connectivity index (χ2n) is 10.1. The molecule has 7 rings (SSSR count). The molecule has 2 heterocycles. The first-order chi connectivity index (χ1) is 18.7. The van der Waals surface area contributed by atoms with Gasteiger partial charge in [-0.1, -0.05) is 115 Å². The Morgan fingerprint density at radius 1 is 0.684 bits per heavy atom. The maximum atomic E-state index is 13.3. The topological polar surface area (TPSA) is 53.0 Å². The Balaban J connectivity index is 1.49. The van der Waals surface area contributed by atoms with Gasteiger partial charge < -0.3 is 9.63 Å². The van der Waals surface area contributed by atoms with Crippen molar-refractivity contribution in [3.05, 3.63) is 144 Å². The Morgan fingerprint density at radius 2 is 1.26 bits per heavy atom. The highest BCUT2D eigenvalue weighted by Gasteiger charge is 2.67. The first-order valence-corrected chi connectivity index (χ1v) is 13.0. The van der Waals surface area contributed by atoms with Crippen molar-refractivity contribution in [2.75, 3.05) is 0 Å². The van der Waals surface area contributed by atoms with E-state index in [0.29, 0.717) is 5.69 Å². The minimum Gasteiger partial charge on any atom is -0.539 e. The molecular weight excluding hydrogens is 468 g/mol. The van der Waals surface area contributed by atoms with Crippen LogP contribution in [-0.2, 0) is 10.8 Å². The second-order valence-corrected chi connectivity index (χ2v) is 10.1. The van der Waals surface area contributed by atoms with E-state index in [0.717, 1.165) is 46.3 Å². The number of aromatic nitrogens is 2. The van der Waals surface area contributed by atoms with E-state index in [1.54, 1.807) is 4.68 Å². The summed E-state index contributed by atoms with van der Waals surface area (Å²) in [6.07, 6.45) is 10.6. The van der Waals surface area contributed by atoms with Crippen LogP contribution in [0.15, 0.2) is 126 Å². The smallest absolute Gasteiger partial charge is 0.251 e. The van der Waals surface area contributed by atoms with Crippen molar-refractivity contribution in [2.45, 2.75) is 23.7 Å². The third kappa shape index (κ3) is 3.30. The molecule has 1 aliphatic heterocycles. The molecule has 5 aromatic rings. The predicted molar refractivity (Wildman–Crippen MR) is 146 cm³/mol. The zero-order valence-corrected chi connectivity index (χ0v) is 20.8. The summed E-state index contributed by atoms with van der Waals surface area (Å²) < 4.78 is 7.06. The number of hydrogen-bond donors (Lipinski definition) is 0. The average Bonchev–Trinajstić information content (AvgIpc) is 3.35. The van der Waals surface area contributed by atoms with Crippen LogP contribution in [0, 0.1) is 0 Å². The minimum absolute atomic E-state index is 0.377. The van der Waals surface area contributed by atoms with Crippen molar-refractivity contribution < 1.29 is 14.3 Å². The zero-order valence-electron chi connectivity index (χ0n) is 20.8. The van der Waals surface area contributed by atoms with Crippen LogP contribution >= 0.6 is 0 Å². The quantitative estimate of drug-likeness (QED) is 0.266. The fourth-order valence-electron chi connectivity index (χ4n) is 6.28. The lowest BCUT2D eigenvalue weighted by Crippen LogP contribution is -2.65. The molecule has 1 fully saturated rings. The molecule has 4 aromatic carbocycles. The van der Waals surface area contributed by atoms with Crippen LogP contribution in [0.3, 0.4) is 0 Å². The van der Waals surface area contributed by atoms with Crippen LogP contribution in [0.1, 0.15) is 35.2 Å². The molecule has 184 valence electrons. The van der Waals surface area contributed by atoms with Crippen molar-refractivity contribution in [3.8, 4) is 22.8 Å². The third-order valence-corrected chi connectivity index (χ3v) is 8.28. The van der Waals surface area contributed by atoms with Crippen molar-refractivity contribution >= 4 is 12.2 Å². The van der Waals surface area contributed by atoms with Gasteiger partial charge in [-0.3, -0.25) is 0 Å². The van der Waals surface area contributed by atoms with E-state index in [1.807, 2.05) is 42.5 Å². The molecule has 0 bridgehead atoms. The number of nitrogens with zero attached hydrogens (tertiary/aromatic N) is 2. The van der Waals surface area contributed by atoms with Gasteiger partial charge in [-0.25, -0.2) is 0 Å². The zero-order chi connectivity index (χ0) is 25.6. The predicted octanol–water partition coefficient (Wildman–Crippen LogP) is 6.40. The molecule has 0 N–H and O–H groups in total. The van der Waals surface area contributed by atoms with Gasteiger partial charge in [-0.05, 0) is 51.9 Å². The van der Waals surface area contributed by atoms with E-state index < -0.39 is 10.8 Å². The van der Waals surface area contributed by atoms with Crippen LogP contribution in [0.25, 0.3) is 29.0 Å². The molecule has 1 aliphatic carbocycles. The van der Waals surface area contributed by atoms with Gasteiger partial charge in [0, 0.05) is 17.0 Å². The summed E-state index contributed by atoms with van der Waals surface area (Å²) in [4.78, 5) is 0. The Labute approximate surface area is 221 Å². The minimum atomic E-state index is -0.590. The molecule has 1 aromatic heterocycles. The van der Waals surface area contributed by atoms with Crippen molar-refractivity contribution in [1.29, 1.82) is 0 Å². The first-order valence-electron chi connectivity index (χ1n) is 13.0. The molecule has 4 nitrogen and oxygen atoms in total. The molecule has 4 heteroatoms. The summed E-state index contributed by atoms with van der Waals surface area (Å²) in [5.74, 6) is -0.377. The number of rotatable bonds is 5. The highest BCUT2D eigenvalue weighted by Crippen LogP contribution is 2.64. The summed E-state index contributed by atoms with van der Waals surface area (Å²) in [6.45, 7) is 0. The lowest BCUT2D eigenvalue weighted by Gasteiger charge is -2.56. The van der Waals surface area contributed by atoms with Crippen LogP contribution in [0.4, 0.5) is 0 Å². The van der Waals surface area contributed by atoms with E-state index in [2.05, 4.69) is 96.3 Å². The molecule has 0 amide bonds. The Hall–Kier alpha value is -4.70. The van der Waals surface area contributed by atoms with Crippen molar-refractivity contribution in [3.63, 3.8) is 0 Å². The average molecular weight is 495 g/mol. The summed E-state index contributed by atoms with van der Waals surface area (Å²) in [5, 5.41) is 17.5. The standard InChI is InChI=1S/C34H26N2O2/c37-32-31-34(21-19-26-12-6-2-7-13-26)23-22-33(34,20-18-25-10-4-1-5-11-25)29-24-28(27-14-8-3-9-15-27)16-17-30(29)36(31)35-38-32/h1-21,24H,22-23H2/b20-18+,21-19+. The molecule has 0 saturated heterocycles. The van der Waals surface area contributed by atoms with Crippen LogP contribution in [-0.4, -0.2) is 5.27 Å². The van der Waals surface area contributed by atoms with Gasteiger partial charge in [-0.15, -0.1) is 0 Å². The molecule has 2 aliphatic rings. The lowest BCUT2D eigenvalue weighted by atomic mass is 9.44. The van der Waals surface area contributed by atoms with Gasteiger partial charge in [0.25, 0.3) is 5.69 Å². The van der Waals surface area contributed by atoms with Gasteiger partial charge >= 0.3 is 0 Å². The number of benzene rings is 4. The van der Waals surface area contributed by atoms with Crippen LogP contribution in [0.2, 0.25) is 0 Å². The summed E-state index contributed by atoms with van der Waals surface area (Å²) in [6, 6.07) is 37.4. The highest BCUT2D eigenvalue weighted by atomic mass is 16.6. The fraction of sp³-hybridized carbons (Fsp3) is 0.118. The van der Waals surface area contributed by atoms with E-state index >= 15 is 0 Å². The van der Waals surface area contributed by atoms with Gasteiger partial charge in [0.2, 0.25) is 5.69 Å². The number of allylic oxidation sites excluding steroid dienone is 2. The number of fused-ring (bicyclic) bond motifs is 6. The molecule has 1 saturated carbocycles. The monoisotopic (exact) mass is 494 g/mol. The largest absolute Gasteiger partial charge is 0.539 e. The van der Waals surface area contributed by atoms with E-state index in [-0.39, 0.29) is 5.95 Å². The Kier molecular flexibility index (Phi) is 5.15.